The van der Waals surface area contributed by atoms with Gasteiger partial charge in [0.2, 0.25) is 0 Å². The lowest BCUT2D eigenvalue weighted by atomic mass is 9.98. The lowest BCUT2D eigenvalue weighted by Gasteiger charge is -2.22. The van der Waals surface area contributed by atoms with Crippen molar-refractivity contribution in [1.82, 2.24) is 15.2 Å². The molecule has 0 bridgehead atoms. The van der Waals surface area contributed by atoms with Gasteiger partial charge in [-0.25, -0.2) is 0 Å². The normalized spacial score (nSPS) is 17.2. The number of aromatic nitrogens is 1. The Kier molecular flexibility index (Phi) is 6.30. The van der Waals surface area contributed by atoms with Gasteiger partial charge in [-0.2, -0.15) is 0 Å². The summed E-state index contributed by atoms with van der Waals surface area (Å²) in [6.07, 6.45) is 4.58. The van der Waals surface area contributed by atoms with Crippen molar-refractivity contribution in [3.8, 4) is 11.5 Å². The van der Waals surface area contributed by atoms with Crippen LogP contribution in [0, 0.1) is 0 Å². The second-order valence-corrected chi connectivity index (χ2v) is 6.22. The largest absolute Gasteiger partial charge is 0.497 e. The molecule has 1 aliphatic rings. The van der Waals surface area contributed by atoms with Crippen LogP contribution < -0.4 is 14.8 Å². The molecule has 1 N–H and O–H groups in total. The quantitative estimate of drug-likeness (QED) is 0.491. The molecular weight excluding hydrogens is 328 g/mol. The number of rotatable bonds is 6. The molecule has 6 heteroatoms. The van der Waals surface area contributed by atoms with Gasteiger partial charge >= 0.3 is 0 Å². The third-order valence-corrected chi connectivity index (χ3v) is 4.58. The lowest BCUT2D eigenvalue weighted by molar-refractivity contribution is 0.318. The summed E-state index contributed by atoms with van der Waals surface area (Å²) in [5.74, 6) is 3.13. The van der Waals surface area contributed by atoms with Gasteiger partial charge < -0.3 is 19.7 Å². The van der Waals surface area contributed by atoms with Crippen LogP contribution in [0.1, 0.15) is 17.9 Å². The number of hydrogen-bond acceptors (Lipinski definition) is 4. The Balaban J connectivity index is 1.46. The number of nitrogens with one attached hydrogen (secondary N) is 1. The molecule has 2 aromatic rings. The first-order chi connectivity index (χ1) is 12.8. The summed E-state index contributed by atoms with van der Waals surface area (Å²) < 4.78 is 10.9. The molecule has 1 unspecified atom stereocenters. The number of pyridine rings is 1. The Bertz CT molecular complexity index is 704. The van der Waals surface area contributed by atoms with E-state index in [-0.39, 0.29) is 0 Å². The Hall–Kier alpha value is -2.76. The molecule has 6 nitrogen and oxygen atoms in total. The molecule has 138 valence electrons. The van der Waals surface area contributed by atoms with E-state index in [2.05, 4.69) is 32.3 Å². The maximum absolute atomic E-state index is 5.67. The van der Waals surface area contributed by atoms with Gasteiger partial charge in [-0.15, -0.1) is 0 Å². The van der Waals surface area contributed by atoms with Crippen LogP contribution in [0.25, 0.3) is 0 Å². The highest BCUT2D eigenvalue weighted by Gasteiger charge is 2.25. The van der Waals surface area contributed by atoms with E-state index < -0.39 is 0 Å². The summed E-state index contributed by atoms with van der Waals surface area (Å²) in [7, 11) is 3.52. The number of aliphatic imine (C=N–C) groups is 1. The maximum Gasteiger partial charge on any atom is 0.193 e. The number of guanidine groups is 1. The van der Waals surface area contributed by atoms with Crippen molar-refractivity contribution < 1.29 is 9.47 Å². The minimum Gasteiger partial charge on any atom is -0.497 e. The second kappa shape index (κ2) is 9.08. The molecule has 0 aliphatic carbocycles. The van der Waals surface area contributed by atoms with E-state index >= 15 is 0 Å². The standard InChI is InChI=1S/C20H26N4O2/c1-21-20(23-11-13-26-19-4-3-10-22-14-19)24-12-9-17(15-24)16-5-7-18(25-2)8-6-16/h3-8,10,14,17H,9,11-13,15H2,1-2H3,(H,21,23). The predicted octanol–water partition coefficient (Wildman–Crippen LogP) is 2.53. The van der Waals surface area contributed by atoms with Crippen molar-refractivity contribution >= 4 is 5.96 Å². The van der Waals surface area contributed by atoms with E-state index in [1.807, 2.05) is 31.3 Å². The number of ether oxygens (including phenoxy) is 2. The average Bonchev–Trinajstić information content (AvgIpc) is 3.19. The number of methoxy groups -OCH3 is 1. The molecule has 1 saturated heterocycles. The third kappa shape index (κ3) is 4.65. The summed E-state index contributed by atoms with van der Waals surface area (Å²) in [5.41, 5.74) is 1.35. The predicted molar refractivity (Wildman–Crippen MR) is 103 cm³/mol. The Morgan fingerprint density at radius 2 is 2.12 bits per heavy atom. The van der Waals surface area contributed by atoms with Crippen molar-refractivity contribution in [2.75, 3.05) is 40.4 Å². The van der Waals surface area contributed by atoms with Gasteiger partial charge in [0, 0.05) is 32.3 Å². The number of nitrogens with zero attached hydrogens (tertiary/aromatic N) is 3. The highest BCUT2D eigenvalue weighted by atomic mass is 16.5. The molecule has 1 aromatic carbocycles. The van der Waals surface area contributed by atoms with Gasteiger partial charge in [-0.3, -0.25) is 9.98 Å². The van der Waals surface area contributed by atoms with E-state index in [1.54, 1.807) is 19.5 Å². The van der Waals surface area contributed by atoms with Crippen molar-refractivity contribution in [2.24, 2.45) is 4.99 Å². The minimum absolute atomic E-state index is 0.520. The number of likely N-dealkylation sites (tertiary alicyclic amines) is 1. The van der Waals surface area contributed by atoms with Crippen LogP contribution in [0.2, 0.25) is 0 Å². The fourth-order valence-corrected chi connectivity index (χ4v) is 3.20. The molecule has 3 rings (SSSR count). The van der Waals surface area contributed by atoms with Gasteiger partial charge in [0.25, 0.3) is 0 Å². The lowest BCUT2D eigenvalue weighted by Crippen LogP contribution is -2.41. The Morgan fingerprint density at radius 1 is 1.27 bits per heavy atom. The molecule has 1 aromatic heterocycles. The van der Waals surface area contributed by atoms with Crippen LogP contribution in [-0.2, 0) is 0 Å². The zero-order chi connectivity index (χ0) is 18.2. The monoisotopic (exact) mass is 354 g/mol. The summed E-state index contributed by atoms with van der Waals surface area (Å²) in [6, 6.07) is 12.1. The molecule has 1 aliphatic heterocycles. The molecule has 1 atom stereocenters. The van der Waals surface area contributed by atoms with Crippen molar-refractivity contribution in [3.63, 3.8) is 0 Å². The average molecular weight is 354 g/mol. The highest BCUT2D eigenvalue weighted by molar-refractivity contribution is 5.80. The fraction of sp³-hybridized carbons (Fsp3) is 0.400. The minimum atomic E-state index is 0.520. The second-order valence-electron chi connectivity index (χ2n) is 6.22. The van der Waals surface area contributed by atoms with Crippen molar-refractivity contribution in [1.29, 1.82) is 0 Å². The topological polar surface area (TPSA) is 59.0 Å². The summed E-state index contributed by atoms with van der Waals surface area (Å²) in [6.45, 7) is 3.24. The van der Waals surface area contributed by atoms with E-state index in [0.717, 1.165) is 37.0 Å². The third-order valence-electron chi connectivity index (χ3n) is 4.58. The summed E-state index contributed by atoms with van der Waals surface area (Å²) in [4.78, 5) is 10.8. The summed E-state index contributed by atoms with van der Waals surface area (Å²) >= 11 is 0. The molecule has 0 amide bonds. The first-order valence-electron chi connectivity index (χ1n) is 8.92. The molecule has 0 saturated carbocycles. The smallest absolute Gasteiger partial charge is 0.193 e. The summed E-state index contributed by atoms with van der Waals surface area (Å²) in [5, 5.41) is 3.38. The van der Waals surface area contributed by atoms with E-state index in [0.29, 0.717) is 19.1 Å². The first-order valence-corrected chi connectivity index (χ1v) is 8.92. The van der Waals surface area contributed by atoms with Crippen LogP contribution in [0.15, 0.2) is 53.8 Å². The Labute approximate surface area is 154 Å². The molecule has 2 heterocycles. The van der Waals surface area contributed by atoms with Gasteiger partial charge in [0.1, 0.15) is 18.1 Å². The highest BCUT2D eigenvalue weighted by Crippen LogP contribution is 2.28. The van der Waals surface area contributed by atoms with Crippen LogP contribution >= 0.6 is 0 Å². The SMILES string of the molecule is CN=C(NCCOc1cccnc1)N1CCC(c2ccc(OC)cc2)C1. The van der Waals surface area contributed by atoms with E-state index in [4.69, 9.17) is 9.47 Å². The van der Waals surface area contributed by atoms with Crippen LogP contribution in [-0.4, -0.2) is 56.2 Å². The van der Waals surface area contributed by atoms with Crippen molar-refractivity contribution in [2.45, 2.75) is 12.3 Å². The number of hydrogen-bond donors (Lipinski definition) is 1. The van der Waals surface area contributed by atoms with Crippen molar-refractivity contribution in [3.05, 3.63) is 54.4 Å². The maximum atomic E-state index is 5.67. The zero-order valence-electron chi connectivity index (χ0n) is 15.4. The van der Waals surface area contributed by atoms with Crippen LogP contribution in [0.4, 0.5) is 0 Å². The van der Waals surface area contributed by atoms with Gasteiger partial charge in [0.15, 0.2) is 5.96 Å². The van der Waals surface area contributed by atoms with Crippen LogP contribution in [0.5, 0.6) is 11.5 Å². The van der Waals surface area contributed by atoms with Gasteiger partial charge in [0.05, 0.1) is 19.9 Å². The zero-order valence-corrected chi connectivity index (χ0v) is 15.4. The van der Waals surface area contributed by atoms with Gasteiger partial charge in [-0.1, -0.05) is 12.1 Å². The first kappa shape index (κ1) is 18.0. The Morgan fingerprint density at radius 3 is 2.81 bits per heavy atom. The molecular formula is C20H26N4O2. The fourth-order valence-electron chi connectivity index (χ4n) is 3.20. The molecule has 0 spiro atoms. The molecule has 1 fully saturated rings. The molecule has 26 heavy (non-hydrogen) atoms. The van der Waals surface area contributed by atoms with Crippen LogP contribution in [0.3, 0.4) is 0 Å². The number of benzene rings is 1. The van der Waals surface area contributed by atoms with Gasteiger partial charge in [-0.05, 0) is 36.2 Å². The van der Waals surface area contributed by atoms with E-state index in [9.17, 15) is 0 Å². The molecule has 0 radical (unpaired) electrons. The van der Waals surface area contributed by atoms with E-state index in [1.165, 1.54) is 5.56 Å².